The number of aliphatic hydroxyl groups excluding tert-OH is 1. The molecule has 2 N–H and O–H groups in total. The molecule has 0 heterocycles. The van der Waals surface area contributed by atoms with Gasteiger partial charge in [0, 0.05) is 30.1 Å². The third-order valence-corrected chi connectivity index (χ3v) is 6.12. The summed E-state index contributed by atoms with van der Waals surface area (Å²) >= 11 is 0. The number of nitrogens with zero attached hydrogens (tertiary/aromatic N) is 1. The highest BCUT2D eigenvalue weighted by molar-refractivity contribution is 7.91. The molecule has 2 unspecified atom stereocenters. The molecule has 0 amide bonds. The Morgan fingerprint density at radius 2 is 1.95 bits per heavy atom. The molecule has 122 valence electrons. The first-order valence-electron chi connectivity index (χ1n) is 7.03. The van der Waals surface area contributed by atoms with E-state index in [1.165, 1.54) is 24.3 Å². The van der Waals surface area contributed by atoms with E-state index >= 15 is 0 Å². The number of hydrogen-bond acceptors (Lipinski definition) is 6. The number of aliphatic hydroxyl groups is 1. The quantitative estimate of drug-likeness (QED) is 0.598. The van der Waals surface area contributed by atoms with E-state index in [1.54, 1.807) is 0 Å². The Bertz CT molecular complexity index is 654. The van der Waals surface area contributed by atoms with Crippen LogP contribution in [0.15, 0.2) is 29.2 Å². The van der Waals surface area contributed by atoms with Gasteiger partial charge in [-0.1, -0.05) is 13.8 Å². The van der Waals surface area contributed by atoms with Gasteiger partial charge in [-0.3, -0.25) is 10.1 Å². The molecule has 0 saturated heterocycles. The van der Waals surface area contributed by atoms with Gasteiger partial charge >= 0.3 is 0 Å². The number of rotatable bonds is 6. The summed E-state index contributed by atoms with van der Waals surface area (Å²) in [5.41, 5.74) is -0.390. The van der Waals surface area contributed by atoms with Crippen LogP contribution >= 0.6 is 0 Å². The monoisotopic (exact) mass is 328 g/mol. The smallest absolute Gasteiger partial charge is 0.269 e. The molecule has 1 aliphatic carbocycles. The molecule has 0 spiro atoms. The van der Waals surface area contributed by atoms with Crippen molar-refractivity contribution in [1.82, 2.24) is 5.32 Å². The molecule has 22 heavy (non-hydrogen) atoms. The van der Waals surface area contributed by atoms with Gasteiger partial charge < -0.3 is 10.4 Å². The number of nitro benzene ring substituents is 1. The van der Waals surface area contributed by atoms with Crippen molar-refractivity contribution >= 4 is 15.5 Å². The van der Waals surface area contributed by atoms with E-state index in [9.17, 15) is 23.6 Å². The standard InChI is InChI=1S/C14H20N2O5S/c1-14(2)12(9-13(14)17)15-7-8-22(20,21)11-5-3-10(4-6-11)16(18)19/h3-6,12-13,15,17H,7-9H2,1-2H3. The fraction of sp³-hybridized carbons (Fsp3) is 0.571. The number of nitrogens with one attached hydrogen (secondary N) is 1. The summed E-state index contributed by atoms with van der Waals surface area (Å²) in [6, 6.07) is 4.97. The Labute approximate surface area is 129 Å². The van der Waals surface area contributed by atoms with Crippen molar-refractivity contribution in [2.75, 3.05) is 12.3 Å². The minimum atomic E-state index is -3.48. The van der Waals surface area contributed by atoms with Crippen LogP contribution in [0.4, 0.5) is 5.69 Å². The predicted molar refractivity (Wildman–Crippen MR) is 81.3 cm³/mol. The van der Waals surface area contributed by atoms with Crippen LogP contribution in [0.3, 0.4) is 0 Å². The first-order chi connectivity index (χ1) is 10.1. The van der Waals surface area contributed by atoms with Crippen molar-refractivity contribution in [3.63, 3.8) is 0 Å². The van der Waals surface area contributed by atoms with E-state index < -0.39 is 14.8 Å². The van der Waals surface area contributed by atoms with E-state index in [2.05, 4.69) is 5.32 Å². The third kappa shape index (κ3) is 3.29. The van der Waals surface area contributed by atoms with Crippen molar-refractivity contribution in [2.45, 2.75) is 37.3 Å². The van der Waals surface area contributed by atoms with Crippen LogP contribution in [0, 0.1) is 15.5 Å². The molecule has 1 aromatic carbocycles. The zero-order valence-electron chi connectivity index (χ0n) is 12.5. The van der Waals surface area contributed by atoms with Gasteiger partial charge in [0.1, 0.15) is 0 Å². The number of benzene rings is 1. The molecule has 1 saturated carbocycles. The molecule has 0 aliphatic heterocycles. The molecule has 0 aromatic heterocycles. The molecule has 0 bridgehead atoms. The summed E-state index contributed by atoms with van der Waals surface area (Å²) in [5, 5.41) is 23.4. The van der Waals surface area contributed by atoms with Crippen LogP contribution in [0.1, 0.15) is 20.3 Å². The highest BCUT2D eigenvalue weighted by Crippen LogP contribution is 2.40. The van der Waals surface area contributed by atoms with Gasteiger partial charge in [-0.25, -0.2) is 8.42 Å². The minimum absolute atomic E-state index is 0.0767. The summed E-state index contributed by atoms with van der Waals surface area (Å²) in [7, 11) is -3.48. The van der Waals surface area contributed by atoms with E-state index in [0.29, 0.717) is 6.42 Å². The van der Waals surface area contributed by atoms with Gasteiger partial charge in [-0.15, -0.1) is 0 Å². The van der Waals surface area contributed by atoms with Crippen LogP contribution in [0.2, 0.25) is 0 Å². The Morgan fingerprint density at radius 3 is 2.41 bits per heavy atom. The zero-order valence-corrected chi connectivity index (χ0v) is 13.3. The largest absolute Gasteiger partial charge is 0.392 e. The first kappa shape index (κ1) is 16.9. The number of non-ortho nitro benzene ring substituents is 1. The summed E-state index contributed by atoms with van der Waals surface area (Å²) in [6.07, 6.45) is 0.251. The van der Waals surface area contributed by atoms with Gasteiger partial charge in [0.15, 0.2) is 9.84 Å². The molecular weight excluding hydrogens is 308 g/mol. The third-order valence-electron chi connectivity index (χ3n) is 4.38. The maximum Gasteiger partial charge on any atom is 0.269 e. The van der Waals surface area contributed by atoms with Crippen molar-refractivity contribution in [3.8, 4) is 0 Å². The Balaban J connectivity index is 1.93. The molecule has 1 fully saturated rings. The van der Waals surface area contributed by atoms with Crippen LogP contribution in [-0.4, -0.2) is 42.9 Å². The molecular formula is C14H20N2O5S. The van der Waals surface area contributed by atoms with Crippen molar-refractivity contribution in [3.05, 3.63) is 34.4 Å². The molecule has 2 rings (SSSR count). The van der Waals surface area contributed by atoms with Crippen molar-refractivity contribution in [1.29, 1.82) is 0 Å². The predicted octanol–water partition coefficient (Wildman–Crippen LogP) is 1.12. The van der Waals surface area contributed by atoms with Crippen LogP contribution < -0.4 is 5.32 Å². The zero-order chi connectivity index (χ0) is 16.5. The number of hydrogen-bond donors (Lipinski definition) is 2. The maximum absolute atomic E-state index is 12.2. The molecule has 1 aromatic rings. The van der Waals surface area contributed by atoms with Crippen molar-refractivity contribution < 1.29 is 18.4 Å². The second-order valence-corrected chi connectivity index (χ2v) is 8.26. The fourth-order valence-corrected chi connectivity index (χ4v) is 3.68. The van der Waals surface area contributed by atoms with E-state index in [-0.39, 0.29) is 40.4 Å². The lowest BCUT2D eigenvalue weighted by Gasteiger charge is -2.49. The average molecular weight is 328 g/mol. The van der Waals surface area contributed by atoms with Gasteiger partial charge in [0.2, 0.25) is 0 Å². The number of sulfone groups is 1. The van der Waals surface area contributed by atoms with Crippen LogP contribution in [0.5, 0.6) is 0 Å². The normalized spacial score (nSPS) is 23.8. The summed E-state index contributed by atoms with van der Waals surface area (Å²) in [6.45, 7) is 4.15. The lowest BCUT2D eigenvalue weighted by molar-refractivity contribution is -0.384. The van der Waals surface area contributed by atoms with Gasteiger partial charge in [0.05, 0.1) is 21.7 Å². The summed E-state index contributed by atoms with van der Waals surface area (Å²) < 4.78 is 24.3. The van der Waals surface area contributed by atoms with Crippen molar-refractivity contribution in [2.24, 2.45) is 5.41 Å². The second-order valence-electron chi connectivity index (χ2n) is 6.15. The summed E-state index contributed by atoms with van der Waals surface area (Å²) in [5.74, 6) is -0.0898. The summed E-state index contributed by atoms with van der Waals surface area (Å²) in [4.78, 5) is 10.1. The average Bonchev–Trinajstić information content (AvgIpc) is 2.46. The highest BCUT2D eigenvalue weighted by Gasteiger charge is 2.46. The molecule has 1 aliphatic rings. The topological polar surface area (TPSA) is 110 Å². The minimum Gasteiger partial charge on any atom is -0.392 e. The second kappa shape index (κ2) is 5.94. The lowest BCUT2D eigenvalue weighted by atomic mass is 9.64. The van der Waals surface area contributed by atoms with Crippen LogP contribution in [0.25, 0.3) is 0 Å². The lowest BCUT2D eigenvalue weighted by Crippen LogP contribution is -2.60. The Morgan fingerprint density at radius 1 is 1.36 bits per heavy atom. The van der Waals surface area contributed by atoms with Gasteiger partial charge in [0.25, 0.3) is 5.69 Å². The van der Waals surface area contributed by atoms with E-state index in [0.717, 1.165) is 0 Å². The molecule has 7 nitrogen and oxygen atoms in total. The van der Waals surface area contributed by atoms with E-state index in [4.69, 9.17) is 0 Å². The molecule has 2 atom stereocenters. The SMILES string of the molecule is CC1(C)C(O)CC1NCCS(=O)(=O)c1ccc([N+](=O)[O-])cc1. The first-order valence-corrected chi connectivity index (χ1v) is 8.68. The van der Waals surface area contributed by atoms with Crippen LogP contribution in [-0.2, 0) is 9.84 Å². The van der Waals surface area contributed by atoms with Gasteiger partial charge in [-0.05, 0) is 18.6 Å². The Kier molecular flexibility index (Phi) is 4.55. The molecule has 0 radical (unpaired) electrons. The highest BCUT2D eigenvalue weighted by atomic mass is 32.2. The fourth-order valence-electron chi connectivity index (χ4n) is 2.51. The van der Waals surface area contributed by atoms with E-state index in [1.807, 2.05) is 13.8 Å². The Hall–Kier alpha value is -1.51. The molecule has 8 heteroatoms. The maximum atomic E-state index is 12.2. The number of nitro groups is 1. The van der Waals surface area contributed by atoms with Gasteiger partial charge in [-0.2, -0.15) is 0 Å².